The normalized spacial score (nSPS) is 13.9. The van der Waals surface area contributed by atoms with Crippen molar-refractivity contribution in [1.82, 2.24) is 0 Å². The summed E-state index contributed by atoms with van der Waals surface area (Å²) < 4.78 is 0. The minimum Gasteiger partial charge on any atom is -0.395 e. The minimum absolute atomic E-state index is 0.0268. The smallest absolute Gasteiger partial charge is 0.209 e. The predicted molar refractivity (Wildman–Crippen MR) is 75.1 cm³/mol. The first-order chi connectivity index (χ1) is 8.99. The highest BCUT2D eigenvalue weighted by Crippen LogP contribution is 2.21. The van der Waals surface area contributed by atoms with Gasteiger partial charge in [0.25, 0.3) is 0 Å². The van der Waals surface area contributed by atoms with E-state index in [9.17, 15) is 9.59 Å². The van der Waals surface area contributed by atoms with Crippen LogP contribution < -0.4 is 5.73 Å². The molecule has 3 heteroatoms. The van der Waals surface area contributed by atoms with Crippen molar-refractivity contribution in [3.63, 3.8) is 0 Å². The van der Waals surface area contributed by atoms with Gasteiger partial charge in [-0.2, -0.15) is 0 Å². The van der Waals surface area contributed by atoms with Crippen molar-refractivity contribution in [3.8, 4) is 0 Å². The molecule has 0 spiro atoms. The van der Waals surface area contributed by atoms with Gasteiger partial charge in [-0.3, -0.25) is 9.59 Å². The van der Waals surface area contributed by atoms with Gasteiger partial charge < -0.3 is 5.73 Å². The Morgan fingerprint density at radius 1 is 1.21 bits per heavy atom. The van der Waals surface area contributed by atoms with E-state index in [1.54, 1.807) is 12.1 Å². The largest absolute Gasteiger partial charge is 0.395 e. The van der Waals surface area contributed by atoms with Crippen molar-refractivity contribution < 1.29 is 9.59 Å². The predicted octanol–water partition coefficient (Wildman–Crippen LogP) is 2.81. The minimum atomic E-state index is -0.251. The Balaban J connectivity index is 2.27. The number of fused-ring (bicyclic) bond motifs is 1. The average molecular weight is 255 g/mol. The maximum atomic E-state index is 11.9. The highest BCUT2D eigenvalue weighted by Gasteiger charge is 2.23. The second-order valence-corrected chi connectivity index (χ2v) is 4.99. The van der Waals surface area contributed by atoms with Gasteiger partial charge >= 0.3 is 0 Å². The Kier molecular flexibility index (Phi) is 3.65. The van der Waals surface area contributed by atoms with Gasteiger partial charge in [0.15, 0.2) is 5.78 Å². The van der Waals surface area contributed by atoms with Crippen LogP contribution in [-0.4, -0.2) is 11.6 Å². The molecule has 0 unspecified atom stereocenters. The van der Waals surface area contributed by atoms with Crippen molar-refractivity contribution in [3.05, 3.63) is 58.3 Å². The lowest BCUT2D eigenvalue weighted by Gasteiger charge is -2.13. The molecule has 0 radical (unpaired) electrons. The highest BCUT2D eigenvalue weighted by atomic mass is 16.1. The third-order valence-corrected chi connectivity index (χ3v) is 3.13. The number of aryl methyl sites for hydroxylation is 1. The molecule has 0 saturated heterocycles. The number of nitrogens with two attached hydrogens (primary N) is 1. The third-order valence-electron chi connectivity index (χ3n) is 3.13. The van der Waals surface area contributed by atoms with Crippen LogP contribution in [0.15, 0.2) is 41.6 Å². The van der Waals surface area contributed by atoms with Crippen LogP contribution in [0.1, 0.15) is 46.5 Å². The number of hydrogen-bond donors (Lipinski definition) is 1. The molecule has 1 aromatic carbocycles. The van der Waals surface area contributed by atoms with Crippen LogP contribution in [0.2, 0.25) is 0 Å². The standard InChI is InChI=1S/C16H17NO2/c1-10(2)4-3-5-11-6-7-12-13(8-11)16(19)14(17)9-15(12)18/h4,6-9H,3,5,17H2,1-2H3. The first-order valence-corrected chi connectivity index (χ1v) is 6.31. The van der Waals surface area contributed by atoms with E-state index < -0.39 is 0 Å². The molecule has 0 aliphatic heterocycles. The molecule has 0 fully saturated rings. The van der Waals surface area contributed by atoms with E-state index in [-0.39, 0.29) is 17.3 Å². The lowest BCUT2D eigenvalue weighted by Crippen LogP contribution is -2.21. The van der Waals surface area contributed by atoms with Crippen LogP contribution >= 0.6 is 0 Å². The fraction of sp³-hybridized carbons (Fsp3) is 0.250. The lowest BCUT2D eigenvalue weighted by atomic mass is 9.90. The van der Waals surface area contributed by atoms with Gasteiger partial charge in [-0.25, -0.2) is 0 Å². The van der Waals surface area contributed by atoms with Crippen molar-refractivity contribution in [2.24, 2.45) is 5.73 Å². The van der Waals surface area contributed by atoms with Gasteiger partial charge in [0.2, 0.25) is 5.78 Å². The van der Waals surface area contributed by atoms with E-state index in [0.29, 0.717) is 11.1 Å². The van der Waals surface area contributed by atoms with Crippen molar-refractivity contribution in [2.75, 3.05) is 0 Å². The first-order valence-electron chi connectivity index (χ1n) is 6.31. The molecule has 2 rings (SSSR count). The molecule has 2 N–H and O–H groups in total. The second-order valence-electron chi connectivity index (χ2n) is 4.99. The molecule has 0 bridgehead atoms. The zero-order chi connectivity index (χ0) is 14.0. The van der Waals surface area contributed by atoms with E-state index in [0.717, 1.165) is 18.4 Å². The van der Waals surface area contributed by atoms with E-state index >= 15 is 0 Å². The Labute approximate surface area is 112 Å². The van der Waals surface area contributed by atoms with Gasteiger partial charge in [-0.05, 0) is 38.3 Å². The molecule has 0 atom stereocenters. The molecule has 3 nitrogen and oxygen atoms in total. The van der Waals surface area contributed by atoms with Gasteiger partial charge in [0.05, 0.1) is 5.70 Å². The summed E-state index contributed by atoms with van der Waals surface area (Å²) in [7, 11) is 0. The van der Waals surface area contributed by atoms with E-state index in [1.165, 1.54) is 11.6 Å². The van der Waals surface area contributed by atoms with Gasteiger partial charge in [0, 0.05) is 17.2 Å². The lowest BCUT2D eigenvalue weighted by molar-refractivity contribution is 0.0983. The Bertz CT molecular complexity index is 605. The number of ketones is 2. The first kappa shape index (κ1) is 13.3. The zero-order valence-corrected chi connectivity index (χ0v) is 11.2. The molecular formula is C16H17NO2. The van der Waals surface area contributed by atoms with E-state index in [4.69, 9.17) is 5.73 Å². The topological polar surface area (TPSA) is 60.2 Å². The highest BCUT2D eigenvalue weighted by molar-refractivity contribution is 6.24. The molecule has 1 aromatic rings. The molecule has 0 amide bonds. The number of rotatable bonds is 3. The summed E-state index contributed by atoms with van der Waals surface area (Å²) in [6.07, 6.45) is 5.13. The Morgan fingerprint density at radius 3 is 2.63 bits per heavy atom. The fourth-order valence-electron chi connectivity index (χ4n) is 2.12. The number of carbonyl (C=O) groups is 2. The van der Waals surface area contributed by atoms with Crippen molar-refractivity contribution in [2.45, 2.75) is 26.7 Å². The van der Waals surface area contributed by atoms with Crippen LogP contribution in [0.3, 0.4) is 0 Å². The van der Waals surface area contributed by atoms with Gasteiger partial charge in [0.1, 0.15) is 0 Å². The van der Waals surface area contributed by atoms with Crippen LogP contribution in [0.5, 0.6) is 0 Å². The summed E-state index contributed by atoms with van der Waals surface area (Å²) >= 11 is 0. The monoisotopic (exact) mass is 255 g/mol. The van der Waals surface area contributed by atoms with Crippen LogP contribution in [0.4, 0.5) is 0 Å². The maximum absolute atomic E-state index is 11.9. The average Bonchev–Trinajstić information content (AvgIpc) is 2.35. The van der Waals surface area contributed by atoms with Crippen molar-refractivity contribution in [1.29, 1.82) is 0 Å². The quantitative estimate of drug-likeness (QED) is 0.845. The summed E-state index contributed by atoms with van der Waals surface area (Å²) in [4.78, 5) is 23.7. The molecule has 0 heterocycles. The molecule has 0 aromatic heterocycles. The van der Waals surface area contributed by atoms with Crippen LogP contribution in [0.25, 0.3) is 0 Å². The number of benzene rings is 1. The summed E-state index contributed by atoms with van der Waals surface area (Å²) in [6, 6.07) is 5.41. The summed E-state index contributed by atoms with van der Waals surface area (Å²) in [6.45, 7) is 4.11. The number of Topliss-reactive ketones (excluding diaryl/α,β-unsaturated/α-hetero) is 1. The fourth-order valence-corrected chi connectivity index (χ4v) is 2.12. The SMILES string of the molecule is CC(C)=CCCc1ccc2c(c1)C(=O)C(N)=CC2=O. The molecule has 19 heavy (non-hydrogen) atoms. The number of allylic oxidation sites excluding steroid dienone is 4. The maximum Gasteiger partial charge on any atom is 0.209 e. The molecule has 0 saturated carbocycles. The summed E-state index contributed by atoms with van der Waals surface area (Å²) in [5, 5.41) is 0. The summed E-state index contributed by atoms with van der Waals surface area (Å²) in [5.74, 6) is -0.443. The Morgan fingerprint density at radius 2 is 1.95 bits per heavy atom. The number of carbonyl (C=O) groups excluding carboxylic acids is 2. The van der Waals surface area contributed by atoms with Crippen LogP contribution in [-0.2, 0) is 6.42 Å². The zero-order valence-electron chi connectivity index (χ0n) is 11.2. The number of hydrogen-bond acceptors (Lipinski definition) is 3. The molecule has 98 valence electrons. The van der Waals surface area contributed by atoms with E-state index in [2.05, 4.69) is 19.9 Å². The van der Waals surface area contributed by atoms with Crippen molar-refractivity contribution >= 4 is 11.6 Å². The van der Waals surface area contributed by atoms with Gasteiger partial charge in [-0.15, -0.1) is 0 Å². The van der Waals surface area contributed by atoms with E-state index in [1.807, 2.05) is 6.07 Å². The van der Waals surface area contributed by atoms with Gasteiger partial charge in [-0.1, -0.05) is 23.8 Å². The third kappa shape index (κ3) is 2.81. The van der Waals surface area contributed by atoms with Crippen LogP contribution in [0, 0.1) is 0 Å². The molecular weight excluding hydrogens is 238 g/mol. The summed E-state index contributed by atoms with van der Waals surface area (Å²) in [5.41, 5.74) is 8.78. The second kappa shape index (κ2) is 5.22. The molecule has 1 aliphatic carbocycles. The molecule has 1 aliphatic rings. The Hall–Kier alpha value is -2.16.